The third kappa shape index (κ3) is 5.00. The van der Waals surface area contributed by atoms with Gasteiger partial charge in [0, 0.05) is 18.7 Å². The SMILES string of the molecule is O=C(COc1ccccc1-c1ccccc1)Nc1ccccc1S(=O)(=O)N1CCCCC1. The molecule has 1 aliphatic rings. The van der Waals surface area contributed by atoms with Crippen LogP contribution in [0.3, 0.4) is 0 Å². The molecule has 0 aliphatic carbocycles. The van der Waals surface area contributed by atoms with E-state index in [1.54, 1.807) is 18.2 Å². The Labute approximate surface area is 188 Å². The fourth-order valence-corrected chi connectivity index (χ4v) is 5.48. The molecule has 1 N–H and O–H groups in total. The van der Waals surface area contributed by atoms with Crippen LogP contribution >= 0.6 is 0 Å². The largest absolute Gasteiger partial charge is 0.483 e. The smallest absolute Gasteiger partial charge is 0.262 e. The first-order chi connectivity index (χ1) is 15.6. The van der Waals surface area contributed by atoms with Gasteiger partial charge in [0.15, 0.2) is 6.61 Å². The van der Waals surface area contributed by atoms with E-state index in [1.165, 1.54) is 10.4 Å². The Hall–Kier alpha value is -3.16. The number of benzene rings is 3. The first-order valence-corrected chi connectivity index (χ1v) is 12.2. The molecule has 4 rings (SSSR count). The summed E-state index contributed by atoms with van der Waals surface area (Å²) in [4.78, 5) is 12.8. The lowest BCUT2D eigenvalue weighted by atomic mass is 10.1. The summed E-state index contributed by atoms with van der Waals surface area (Å²) in [5.74, 6) is 0.164. The Morgan fingerprint density at radius 1 is 0.844 bits per heavy atom. The van der Waals surface area contributed by atoms with Crippen LogP contribution in [0.2, 0.25) is 0 Å². The number of sulfonamides is 1. The molecule has 1 aliphatic heterocycles. The van der Waals surface area contributed by atoms with E-state index in [9.17, 15) is 13.2 Å². The molecule has 0 atom stereocenters. The number of hydrogen-bond donors (Lipinski definition) is 1. The van der Waals surface area contributed by atoms with Crippen LogP contribution in [0, 0.1) is 0 Å². The van der Waals surface area contributed by atoms with Crippen molar-refractivity contribution in [1.82, 2.24) is 4.31 Å². The second-order valence-corrected chi connectivity index (χ2v) is 9.57. The fraction of sp³-hybridized carbons (Fsp3) is 0.240. The van der Waals surface area contributed by atoms with Crippen LogP contribution in [-0.4, -0.2) is 38.3 Å². The van der Waals surface area contributed by atoms with E-state index in [-0.39, 0.29) is 17.2 Å². The summed E-state index contributed by atoms with van der Waals surface area (Å²) in [6, 6.07) is 23.8. The molecule has 3 aromatic carbocycles. The zero-order chi connectivity index (χ0) is 22.4. The van der Waals surface area contributed by atoms with Crippen LogP contribution in [0.25, 0.3) is 11.1 Å². The van der Waals surface area contributed by atoms with Gasteiger partial charge in [-0.3, -0.25) is 4.79 Å². The van der Waals surface area contributed by atoms with E-state index >= 15 is 0 Å². The highest BCUT2D eigenvalue weighted by Crippen LogP contribution is 2.30. The molecule has 3 aromatic rings. The molecule has 1 saturated heterocycles. The van der Waals surface area contributed by atoms with Gasteiger partial charge < -0.3 is 10.1 Å². The van der Waals surface area contributed by atoms with E-state index in [0.717, 1.165) is 30.4 Å². The standard InChI is InChI=1S/C25H26N2O4S/c28-25(19-31-23-15-7-5-13-21(23)20-11-3-1-4-12-20)26-22-14-6-8-16-24(22)32(29,30)27-17-9-2-10-18-27/h1,3-8,11-16H,2,9-10,17-19H2,(H,26,28). The summed E-state index contributed by atoms with van der Waals surface area (Å²) in [5, 5.41) is 2.72. The minimum absolute atomic E-state index is 0.111. The molecule has 1 amide bonds. The van der Waals surface area contributed by atoms with Gasteiger partial charge in [-0.2, -0.15) is 4.31 Å². The molecular weight excluding hydrogens is 424 g/mol. The molecule has 0 spiro atoms. The van der Waals surface area contributed by atoms with Gasteiger partial charge in [0.25, 0.3) is 5.91 Å². The number of hydrogen-bond acceptors (Lipinski definition) is 4. The van der Waals surface area contributed by atoms with Crippen LogP contribution < -0.4 is 10.1 Å². The summed E-state index contributed by atoms with van der Waals surface area (Å²) in [5.41, 5.74) is 2.14. The molecular formula is C25H26N2O4S. The Kier molecular flexibility index (Phi) is 6.87. The highest BCUT2D eigenvalue weighted by molar-refractivity contribution is 7.89. The van der Waals surface area contributed by atoms with Crippen molar-refractivity contribution >= 4 is 21.6 Å². The van der Waals surface area contributed by atoms with E-state index < -0.39 is 15.9 Å². The van der Waals surface area contributed by atoms with Gasteiger partial charge in [0.2, 0.25) is 10.0 Å². The average Bonchev–Trinajstić information content (AvgIpc) is 2.84. The molecule has 1 heterocycles. The van der Waals surface area contributed by atoms with E-state index in [2.05, 4.69) is 5.32 Å². The molecule has 0 bridgehead atoms. The monoisotopic (exact) mass is 450 g/mol. The first kappa shape index (κ1) is 22.0. The number of ether oxygens (including phenoxy) is 1. The van der Waals surface area contributed by atoms with E-state index in [0.29, 0.717) is 18.8 Å². The normalized spacial score (nSPS) is 14.6. The highest BCUT2D eigenvalue weighted by Gasteiger charge is 2.28. The van der Waals surface area contributed by atoms with E-state index in [4.69, 9.17) is 4.74 Å². The van der Waals surface area contributed by atoms with Crippen molar-refractivity contribution in [3.8, 4) is 16.9 Å². The lowest BCUT2D eigenvalue weighted by molar-refractivity contribution is -0.118. The van der Waals surface area contributed by atoms with Crippen molar-refractivity contribution in [2.75, 3.05) is 25.0 Å². The van der Waals surface area contributed by atoms with Crippen LogP contribution in [0.4, 0.5) is 5.69 Å². The van der Waals surface area contributed by atoms with Gasteiger partial charge in [0.1, 0.15) is 10.6 Å². The number of piperidine rings is 1. The number of anilines is 1. The van der Waals surface area contributed by atoms with Gasteiger partial charge in [-0.15, -0.1) is 0 Å². The molecule has 7 heteroatoms. The second-order valence-electron chi connectivity index (χ2n) is 7.66. The number of amides is 1. The maximum atomic E-state index is 13.1. The predicted molar refractivity (Wildman–Crippen MR) is 125 cm³/mol. The Bertz CT molecular complexity index is 1170. The van der Waals surface area contributed by atoms with Crippen LogP contribution in [0.5, 0.6) is 5.75 Å². The molecule has 0 unspecified atom stereocenters. The van der Waals surface area contributed by atoms with Crippen LogP contribution in [-0.2, 0) is 14.8 Å². The number of nitrogens with one attached hydrogen (secondary N) is 1. The van der Waals surface area contributed by atoms with Crippen molar-refractivity contribution in [1.29, 1.82) is 0 Å². The number of carbonyl (C=O) groups excluding carboxylic acids is 1. The van der Waals surface area contributed by atoms with Crippen LogP contribution in [0.15, 0.2) is 83.8 Å². The molecule has 32 heavy (non-hydrogen) atoms. The first-order valence-electron chi connectivity index (χ1n) is 10.7. The highest BCUT2D eigenvalue weighted by atomic mass is 32.2. The second kappa shape index (κ2) is 9.97. The van der Waals surface area contributed by atoms with E-state index in [1.807, 2.05) is 54.6 Å². The topological polar surface area (TPSA) is 75.7 Å². The third-order valence-corrected chi connectivity index (χ3v) is 7.38. The number of carbonyl (C=O) groups is 1. The van der Waals surface area contributed by atoms with Crippen molar-refractivity contribution < 1.29 is 17.9 Å². The molecule has 0 saturated carbocycles. The van der Waals surface area contributed by atoms with Gasteiger partial charge >= 0.3 is 0 Å². The number of rotatable bonds is 7. The van der Waals surface area contributed by atoms with Crippen LogP contribution in [0.1, 0.15) is 19.3 Å². The number of para-hydroxylation sites is 2. The van der Waals surface area contributed by atoms with Crippen molar-refractivity contribution in [2.45, 2.75) is 24.2 Å². The average molecular weight is 451 g/mol. The van der Waals surface area contributed by atoms with Crippen molar-refractivity contribution in [2.24, 2.45) is 0 Å². The quantitative estimate of drug-likeness (QED) is 0.573. The maximum Gasteiger partial charge on any atom is 0.262 e. The van der Waals surface area contributed by atoms with Gasteiger partial charge in [0.05, 0.1) is 5.69 Å². The summed E-state index contributed by atoms with van der Waals surface area (Å²) >= 11 is 0. The molecule has 166 valence electrons. The van der Waals surface area contributed by atoms with Crippen molar-refractivity contribution in [3.63, 3.8) is 0 Å². The number of nitrogens with zero attached hydrogens (tertiary/aromatic N) is 1. The van der Waals surface area contributed by atoms with Gasteiger partial charge in [-0.25, -0.2) is 8.42 Å². The summed E-state index contributed by atoms with van der Waals surface area (Å²) in [7, 11) is -3.67. The third-order valence-electron chi connectivity index (χ3n) is 5.42. The molecule has 0 radical (unpaired) electrons. The lowest BCUT2D eigenvalue weighted by Gasteiger charge is -2.26. The zero-order valence-electron chi connectivity index (χ0n) is 17.7. The van der Waals surface area contributed by atoms with Gasteiger partial charge in [-0.05, 0) is 36.6 Å². The molecule has 6 nitrogen and oxygen atoms in total. The Balaban J connectivity index is 1.47. The lowest BCUT2D eigenvalue weighted by Crippen LogP contribution is -2.36. The molecule has 0 aromatic heterocycles. The summed E-state index contributed by atoms with van der Waals surface area (Å²) < 4.78 is 33.5. The van der Waals surface area contributed by atoms with Gasteiger partial charge in [-0.1, -0.05) is 67.1 Å². The predicted octanol–water partition coefficient (Wildman–Crippen LogP) is 4.55. The minimum Gasteiger partial charge on any atom is -0.483 e. The minimum atomic E-state index is -3.67. The van der Waals surface area contributed by atoms with Crippen molar-refractivity contribution in [3.05, 3.63) is 78.9 Å². The fourth-order valence-electron chi connectivity index (χ4n) is 3.82. The summed E-state index contributed by atoms with van der Waals surface area (Å²) in [6.45, 7) is 0.774. The zero-order valence-corrected chi connectivity index (χ0v) is 18.6. The summed E-state index contributed by atoms with van der Waals surface area (Å²) in [6.07, 6.45) is 2.73. The Morgan fingerprint density at radius 2 is 1.50 bits per heavy atom. The Morgan fingerprint density at radius 3 is 2.28 bits per heavy atom. The maximum absolute atomic E-state index is 13.1. The molecule has 1 fully saturated rings.